The van der Waals surface area contributed by atoms with Crippen LogP contribution >= 0.6 is 23.2 Å². The molecule has 2 atom stereocenters. The molecular formula is C44H56Cl2FN9O4. The number of fused-ring (bicyclic) bond motifs is 1. The van der Waals surface area contributed by atoms with Crippen molar-refractivity contribution >= 4 is 40.6 Å². The maximum absolute atomic E-state index is 14.1. The Balaban J connectivity index is 0.674. The fraction of sp³-hybridized carbons (Fsp3) is 0.523. The molecule has 4 N–H and O–H groups in total. The van der Waals surface area contributed by atoms with E-state index < -0.39 is 11.9 Å². The number of nitrogens with two attached hydrogens (primary N) is 1. The summed E-state index contributed by atoms with van der Waals surface area (Å²) in [5.41, 5.74) is 11.3. The van der Waals surface area contributed by atoms with E-state index in [1.807, 2.05) is 29.2 Å². The second kappa shape index (κ2) is 19.8. The molecule has 0 bridgehead atoms. The van der Waals surface area contributed by atoms with Gasteiger partial charge in [-0.1, -0.05) is 29.3 Å². The molecule has 4 aromatic rings. The van der Waals surface area contributed by atoms with E-state index in [-0.39, 0.29) is 22.8 Å². The van der Waals surface area contributed by atoms with Crippen LogP contribution in [0.2, 0.25) is 10.0 Å². The number of carbonyl (C=O) groups excluding carboxylic acids is 1. The van der Waals surface area contributed by atoms with Crippen molar-refractivity contribution in [1.82, 2.24) is 34.8 Å². The van der Waals surface area contributed by atoms with Gasteiger partial charge in [0.15, 0.2) is 11.6 Å². The van der Waals surface area contributed by atoms with Gasteiger partial charge in [-0.2, -0.15) is 5.10 Å². The van der Waals surface area contributed by atoms with Crippen molar-refractivity contribution in [3.63, 3.8) is 0 Å². The summed E-state index contributed by atoms with van der Waals surface area (Å²) in [5.74, 6) is 0.756. The van der Waals surface area contributed by atoms with Crippen molar-refractivity contribution in [2.45, 2.75) is 57.3 Å². The Kier molecular flexibility index (Phi) is 14.1. The van der Waals surface area contributed by atoms with Crippen molar-refractivity contribution in [3.8, 4) is 16.9 Å². The highest BCUT2D eigenvalue weighted by Crippen LogP contribution is 2.38. The Morgan fingerprint density at radius 1 is 0.983 bits per heavy atom. The number of piperidine rings is 2. The lowest BCUT2D eigenvalue weighted by atomic mass is 9.99. The summed E-state index contributed by atoms with van der Waals surface area (Å²) >= 11 is 12.5. The lowest BCUT2D eigenvalue weighted by Gasteiger charge is -2.39. The maximum atomic E-state index is 14.1. The van der Waals surface area contributed by atoms with Crippen LogP contribution in [0.1, 0.15) is 66.2 Å². The summed E-state index contributed by atoms with van der Waals surface area (Å²) in [6.45, 7) is 13.7. The number of ether oxygens (including phenoxy) is 3. The zero-order valence-corrected chi connectivity index (χ0v) is 35.8. The number of carbonyl (C=O) groups is 1. The molecule has 1 amide bonds. The van der Waals surface area contributed by atoms with Crippen LogP contribution in [-0.2, 0) is 16.0 Å². The summed E-state index contributed by atoms with van der Waals surface area (Å²) in [7, 11) is 0. The molecular weight excluding hydrogens is 808 g/mol. The topological polar surface area (TPSA) is 135 Å². The average molecular weight is 865 g/mol. The van der Waals surface area contributed by atoms with E-state index in [9.17, 15) is 9.18 Å². The molecule has 0 radical (unpaired) electrons. The second-order valence-corrected chi connectivity index (χ2v) is 17.2. The minimum absolute atomic E-state index is 0.0806. The first-order valence-corrected chi connectivity index (χ1v) is 22.0. The van der Waals surface area contributed by atoms with Gasteiger partial charge in [0.05, 0.1) is 43.7 Å². The molecule has 1 unspecified atom stereocenters. The molecule has 3 saturated heterocycles. The number of anilines is 2. The molecule has 2 aromatic heterocycles. The third kappa shape index (κ3) is 10.0. The van der Waals surface area contributed by atoms with Crippen LogP contribution < -0.4 is 21.1 Å². The van der Waals surface area contributed by atoms with Crippen LogP contribution in [0, 0.1) is 11.7 Å². The Labute approximate surface area is 361 Å². The first kappa shape index (κ1) is 42.7. The van der Waals surface area contributed by atoms with Gasteiger partial charge in [-0.3, -0.25) is 9.48 Å². The molecule has 3 fully saturated rings. The normalized spacial score (nSPS) is 19.7. The molecule has 0 saturated carbocycles. The standard InChI is InChI=1S/C44H56Cl2FN9O4/c1-29(41-37(45)7-8-38(47)42(41)46)60-40-20-31(22-51-43(40)48)32-23-52-56(27-32)33-9-12-53(13-10-33)14-16-58-18-19-59-17-15-54-25-30(26-54)21-50-39-6-2-5-35-36(39)28-55(44(35)57)34-4-3-11-49-24-34/h2,5-8,20,22-23,27,29-30,33-34,49-50H,3-4,9-19,21,24-26,28H2,1H3,(H2,48,51)/t29-,34?/m0/s1. The van der Waals surface area contributed by atoms with Gasteiger partial charge < -0.3 is 45.3 Å². The molecule has 6 heterocycles. The van der Waals surface area contributed by atoms with Crippen molar-refractivity contribution in [2.75, 3.05) is 96.4 Å². The molecule has 8 rings (SSSR count). The van der Waals surface area contributed by atoms with Crippen molar-refractivity contribution in [3.05, 3.63) is 87.5 Å². The quantitative estimate of drug-likeness (QED) is 0.0745. The van der Waals surface area contributed by atoms with E-state index in [0.717, 1.165) is 113 Å². The lowest BCUT2D eigenvalue weighted by Crippen LogP contribution is -2.50. The monoisotopic (exact) mass is 863 g/mol. The largest absolute Gasteiger partial charge is 0.482 e. The number of hydrogen-bond donors (Lipinski definition) is 3. The Morgan fingerprint density at radius 2 is 1.77 bits per heavy atom. The predicted octanol–water partition coefficient (Wildman–Crippen LogP) is 6.54. The molecule has 0 aliphatic carbocycles. The summed E-state index contributed by atoms with van der Waals surface area (Å²) in [6, 6.07) is 11.2. The third-order valence-electron chi connectivity index (χ3n) is 12.3. The van der Waals surface area contributed by atoms with Gasteiger partial charge >= 0.3 is 0 Å². The fourth-order valence-corrected chi connectivity index (χ4v) is 9.51. The highest BCUT2D eigenvalue weighted by Gasteiger charge is 2.35. The van der Waals surface area contributed by atoms with Gasteiger partial charge in [0, 0.05) is 122 Å². The van der Waals surface area contributed by atoms with E-state index >= 15 is 0 Å². The van der Waals surface area contributed by atoms with Gasteiger partial charge in [0.2, 0.25) is 0 Å². The van der Waals surface area contributed by atoms with Crippen LogP contribution in [-0.4, -0.2) is 127 Å². The van der Waals surface area contributed by atoms with Crippen LogP contribution in [0.4, 0.5) is 15.9 Å². The maximum Gasteiger partial charge on any atom is 0.254 e. The molecule has 322 valence electrons. The predicted molar refractivity (Wildman–Crippen MR) is 232 cm³/mol. The average Bonchev–Trinajstić information content (AvgIpc) is 3.88. The highest BCUT2D eigenvalue weighted by molar-refractivity contribution is 6.36. The van der Waals surface area contributed by atoms with E-state index in [1.165, 1.54) is 12.1 Å². The first-order chi connectivity index (χ1) is 29.2. The molecule has 0 spiro atoms. The minimum Gasteiger partial charge on any atom is -0.482 e. The van der Waals surface area contributed by atoms with Crippen molar-refractivity contribution in [2.24, 2.45) is 5.92 Å². The summed E-state index contributed by atoms with van der Waals surface area (Å²) in [5, 5.41) is 12.0. The Morgan fingerprint density at radius 3 is 2.53 bits per heavy atom. The van der Waals surface area contributed by atoms with Gasteiger partial charge in [-0.25, -0.2) is 9.37 Å². The number of hydrogen-bond acceptors (Lipinski definition) is 11. The second-order valence-electron chi connectivity index (χ2n) is 16.4. The van der Waals surface area contributed by atoms with Gasteiger partial charge in [-0.05, 0) is 69.5 Å². The molecule has 60 heavy (non-hydrogen) atoms. The number of amides is 1. The zero-order valence-electron chi connectivity index (χ0n) is 34.3. The van der Waals surface area contributed by atoms with E-state index in [4.69, 9.17) is 43.1 Å². The Bertz CT molecular complexity index is 2090. The number of benzene rings is 2. The zero-order chi connectivity index (χ0) is 41.6. The van der Waals surface area contributed by atoms with E-state index in [0.29, 0.717) is 61.3 Å². The number of halogens is 3. The fourth-order valence-electron chi connectivity index (χ4n) is 8.83. The van der Waals surface area contributed by atoms with Gasteiger partial charge in [-0.15, -0.1) is 0 Å². The van der Waals surface area contributed by atoms with Crippen molar-refractivity contribution < 1.29 is 23.4 Å². The molecule has 4 aliphatic heterocycles. The number of rotatable bonds is 18. The number of aromatic nitrogens is 3. The van der Waals surface area contributed by atoms with Crippen molar-refractivity contribution in [1.29, 1.82) is 0 Å². The van der Waals surface area contributed by atoms with Crippen LogP contribution in [0.15, 0.2) is 55.0 Å². The number of nitrogens with one attached hydrogen (secondary N) is 2. The van der Waals surface area contributed by atoms with Crippen LogP contribution in [0.3, 0.4) is 0 Å². The van der Waals surface area contributed by atoms with Gasteiger partial charge in [0.25, 0.3) is 5.91 Å². The molecule has 16 heteroatoms. The Hall–Kier alpha value is -4.02. The minimum atomic E-state index is -0.662. The SMILES string of the molecule is C[C@H](Oc1cc(-c2cnn(C3CCN(CCOCCOCCN4CC(CNc5cccc6c5CN(C5CCCNC5)C6=O)C4)CC3)c2)cnc1N)c1c(Cl)ccc(F)c1Cl. The lowest BCUT2D eigenvalue weighted by molar-refractivity contribution is 0.0146. The number of pyridine rings is 1. The molecule has 13 nitrogen and oxygen atoms in total. The number of likely N-dealkylation sites (tertiary alicyclic amines) is 2. The van der Waals surface area contributed by atoms with E-state index in [2.05, 4.69) is 41.5 Å². The number of nitrogens with zero attached hydrogens (tertiary/aromatic N) is 6. The van der Waals surface area contributed by atoms with Crippen LogP contribution in [0.5, 0.6) is 5.75 Å². The van der Waals surface area contributed by atoms with E-state index in [1.54, 1.807) is 19.2 Å². The smallest absolute Gasteiger partial charge is 0.254 e. The van der Waals surface area contributed by atoms with Gasteiger partial charge in [0.1, 0.15) is 11.9 Å². The highest BCUT2D eigenvalue weighted by atomic mass is 35.5. The first-order valence-electron chi connectivity index (χ1n) is 21.3. The van der Waals surface area contributed by atoms with Crippen LogP contribution in [0.25, 0.3) is 11.1 Å². The molecule has 2 aromatic carbocycles. The summed E-state index contributed by atoms with van der Waals surface area (Å²) in [4.78, 5) is 24.4. The number of nitrogen functional groups attached to an aromatic ring is 1. The third-order valence-corrected chi connectivity index (χ3v) is 13.0. The summed E-state index contributed by atoms with van der Waals surface area (Å²) < 4.78 is 34.1. The summed E-state index contributed by atoms with van der Waals surface area (Å²) in [6.07, 6.45) is 9.07. The molecule has 4 aliphatic rings.